The predicted octanol–water partition coefficient (Wildman–Crippen LogP) is 3.94. The third-order valence-electron chi connectivity index (χ3n) is 4.84. The second kappa shape index (κ2) is 8.04. The molecule has 0 radical (unpaired) electrons. The zero-order valence-corrected chi connectivity index (χ0v) is 15.6. The summed E-state index contributed by atoms with van der Waals surface area (Å²) in [5, 5.41) is 4.26. The van der Waals surface area contributed by atoms with E-state index >= 15 is 0 Å². The number of rotatable bonds is 4. The van der Waals surface area contributed by atoms with Crippen molar-refractivity contribution >= 4 is 39.7 Å². The third-order valence-corrected chi connectivity index (χ3v) is 4.84. The number of carbonyl (C=O) groups is 1. The van der Waals surface area contributed by atoms with Crippen LogP contribution in [0.3, 0.4) is 0 Å². The molecule has 5 heteroatoms. The van der Waals surface area contributed by atoms with Gasteiger partial charge in [-0.05, 0) is 39.7 Å². The van der Waals surface area contributed by atoms with E-state index in [9.17, 15) is 4.79 Å². The molecule has 1 fully saturated rings. The van der Waals surface area contributed by atoms with Crippen LogP contribution in [0.1, 0.15) is 10.4 Å². The first-order valence-electron chi connectivity index (χ1n) is 8.59. The van der Waals surface area contributed by atoms with E-state index in [1.165, 1.54) is 0 Å². The summed E-state index contributed by atoms with van der Waals surface area (Å²) >= 11 is 0. The number of hydrogen-bond donors (Lipinski definition) is 0. The molecule has 0 atom stereocenters. The highest BCUT2D eigenvalue weighted by Crippen LogP contribution is 2.31. The van der Waals surface area contributed by atoms with Crippen LogP contribution < -0.4 is 4.74 Å². The molecule has 0 bridgehead atoms. The second-order valence-electron chi connectivity index (χ2n) is 6.37. The van der Waals surface area contributed by atoms with Crippen LogP contribution in [0.15, 0.2) is 48.5 Å². The average Bonchev–Trinajstić information content (AvgIpc) is 2.67. The summed E-state index contributed by atoms with van der Waals surface area (Å²) in [6, 6.07) is 16.1. The highest BCUT2D eigenvalue weighted by atomic mass is 35.5. The number of ether oxygens (including phenoxy) is 2. The monoisotopic (exact) mass is 371 g/mol. The van der Waals surface area contributed by atoms with Crippen molar-refractivity contribution in [1.82, 2.24) is 4.90 Å². The molecule has 0 aromatic heterocycles. The Hall–Kier alpha value is -2.14. The summed E-state index contributed by atoms with van der Waals surface area (Å²) < 4.78 is 10.7. The number of fused-ring (bicyclic) bond motifs is 3. The lowest BCUT2D eigenvalue weighted by molar-refractivity contribution is 0.0371. The van der Waals surface area contributed by atoms with E-state index in [1.807, 2.05) is 42.5 Å². The van der Waals surface area contributed by atoms with Gasteiger partial charge in [-0.2, -0.15) is 0 Å². The quantitative estimate of drug-likeness (QED) is 0.514. The largest absolute Gasteiger partial charge is 0.497 e. The Bertz CT molecular complexity index is 935. The molecule has 0 aliphatic carbocycles. The van der Waals surface area contributed by atoms with E-state index in [-0.39, 0.29) is 18.2 Å². The van der Waals surface area contributed by atoms with Crippen LogP contribution in [0.25, 0.3) is 21.5 Å². The molecule has 1 saturated heterocycles. The predicted molar refractivity (Wildman–Crippen MR) is 107 cm³/mol. The van der Waals surface area contributed by atoms with E-state index in [0.717, 1.165) is 45.9 Å². The molecule has 4 nitrogen and oxygen atoms in total. The van der Waals surface area contributed by atoms with E-state index < -0.39 is 0 Å². The smallest absolute Gasteiger partial charge is 0.177 e. The van der Waals surface area contributed by atoms with E-state index in [1.54, 1.807) is 7.11 Å². The van der Waals surface area contributed by atoms with Crippen molar-refractivity contribution in [2.45, 2.75) is 0 Å². The summed E-state index contributed by atoms with van der Waals surface area (Å²) in [6.45, 7) is 3.47. The molecule has 0 spiro atoms. The highest BCUT2D eigenvalue weighted by molar-refractivity contribution is 6.18. The van der Waals surface area contributed by atoms with Crippen LogP contribution in [-0.2, 0) is 4.74 Å². The number of nitrogens with zero attached hydrogens (tertiary/aromatic N) is 1. The molecule has 4 rings (SSSR count). The second-order valence-corrected chi connectivity index (χ2v) is 6.37. The van der Waals surface area contributed by atoms with Crippen molar-refractivity contribution in [1.29, 1.82) is 0 Å². The molecule has 0 saturated carbocycles. The fourth-order valence-electron chi connectivity index (χ4n) is 3.49. The van der Waals surface area contributed by atoms with Crippen LogP contribution >= 0.6 is 12.4 Å². The Kier molecular flexibility index (Phi) is 5.77. The standard InChI is InChI=1S/C21H21NO3.ClH/c1-24-16-7-6-15-12-20(21(23)14-22-8-10-25-11-9-22)18-5-3-2-4-17(18)19(15)13-16;/h2-7,12-13H,8-11,14H2,1H3;1H. The van der Waals surface area contributed by atoms with Crippen LogP contribution in [0.5, 0.6) is 5.75 Å². The van der Waals surface area contributed by atoms with Gasteiger partial charge in [0, 0.05) is 18.7 Å². The first kappa shape index (κ1) is 18.6. The van der Waals surface area contributed by atoms with Gasteiger partial charge in [0.1, 0.15) is 5.75 Å². The van der Waals surface area contributed by atoms with Crippen LogP contribution in [0, 0.1) is 0 Å². The fraction of sp³-hybridized carbons (Fsp3) is 0.286. The average molecular weight is 372 g/mol. The molecule has 1 aliphatic rings. The lowest BCUT2D eigenvalue weighted by Crippen LogP contribution is -2.39. The third kappa shape index (κ3) is 3.54. The maximum Gasteiger partial charge on any atom is 0.177 e. The summed E-state index contributed by atoms with van der Waals surface area (Å²) in [5.74, 6) is 0.987. The van der Waals surface area contributed by atoms with Crippen molar-refractivity contribution in [2.75, 3.05) is 40.0 Å². The van der Waals surface area contributed by atoms with Gasteiger partial charge in [0.05, 0.1) is 26.9 Å². The number of carbonyl (C=O) groups excluding carboxylic acids is 1. The zero-order valence-electron chi connectivity index (χ0n) is 14.7. The van der Waals surface area contributed by atoms with E-state index in [4.69, 9.17) is 9.47 Å². The number of Topliss-reactive ketones (excluding diaryl/α,β-unsaturated/α-hetero) is 1. The summed E-state index contributed by atoms with van der Waals surface area (Å²) in [7, 11) is 1.67. The van der Waals surface area contributed by atoms with Gasteiger partial charge in [0.15, 0.2) is 5.78 Å². The van der Waals surface area contributed by atoms with Gasteiger partial charge in [-0.25, -0.2) is 0 Å². The van der Waals surface area contributed by atoms with Crippen molar-refractivity contribution in [3.05, 3.63) is 54.1 Å². The van der Waals surface area contributed by atoms with Crippen molar-refractivity contribution in [3.8, 4) is 5.75 Å². The molecule has 0 amide bonds. The van der Waals surface area contributed by atoms with Gasteiger partial charge in [0.2, 0.25) is 0 Å². The number of ketones is 1. The fourth-order valence-corrected chi connectivity index (χ4v) is 3.49. The Morgan fingerprint density at radius 3 is 2.50 bits per heavy atom. The van der Waals surface area contributed by atoms with Gasteiger partial charge in [-0.1, -0.05) is 30.3 Å². The molecule has 1 aliphatic heterocycles. The highest BCUT2D eigenvalue weighted by Gasteiger charge is 2.18. The Balaban J connectivity index is 0.00000196. The van der Waals surface area contributed by atoms with Gasteiger partial charge in [-0.15, -0.1) is 12.4 Å². The minimum Gasteiger partial charge on any atom is -0.497 e. The SMILES string of the molecule is COc1ccc2cc(C(=O)CN3CCOCC3)c3ccccc3c2c1.Cl. The van der Waals surface area contributed by atoms with Crippen LogP contribution in [0.2, 0.25) is 0 Å². The number of halogens is 1. The molecule has 136 valence electrons. The number of methoxy groups -OCH3 is 1. The van der Waals surface area contributed by atoms with Gasteiger partial charge < -0.3 is 9.47 Å². The molecule has 3 aromatic carbocycles. The molecule has 1 heterocycles. The number of morpholine rings is 1. The zero-order chi connectivity index (χ0) is 17.2. The van der Waals surface area contributed by atoms with Crippen molar-refractivity contribution in [3.63, 3.8) is 0 Å². The topological polar surface area (TPSA) is 38.8 Å². The number of benzene rings is 3. The Morgan fingerprint density at radius 2 is 1.77 bits per heavy atom. The molecule has 26 heavy (non-hydrogen) atoms. The minimum atomic E-state index is 0. The Labute approximate surface area is 159 Å². The van der Waals surface area contributed by atoms with E-state index in [0.29, 0.717) is 19.8 Å². The summed E-state index contributed by atoms with van der Waals surface area (Å²) in [4.78, 5) is 15.2. The van der Waals surface area contributed by atoms with E-state index in [2.05, 4.69) is 11.0 Å². The van der Waals surface area contributed by atoms with Crippen molar-refractivity contribution in [2.24, 2.45) is 0 Å². The first-order valence-corrected chi connectivity index (χ1v) is 8.59. The number of hydrogen-bond acceptors (Lipinski definition) is 4. The lowest BCUT2D eigenvalue weighted by atomic mass is 9.95. The maximum absolute atomic E-state index is 13.0. The van der Waals surface area contributed by atoms with Crippen LogP contribution in [0.4, 0.5) is 0 Å². The minimum absolute atomic E-state index is 0. The van der Waals surface area contributed by atoms with Gasteiger partial charge >= 0.3 is 0 Å². The molecular weight excluding hydrogens is 350 g/mol. The molecule has 0 N–H and O–H groups in total. The first-order chi connectivity index (χ1) is 12.3. The molecule has 0 unspecified atom stereocenters. The van der Waals surface area contributed by atoms with Crippen molar-refractivity contribution < 1.29 is 14.3 Å². The summed E-state index contributed by atoms with van der Waals surface area (Å²) in [5.41, 5.74) is 0.791. The van der Waals surface area contributed by atoms with Gasteiger partial charge in [-0.3, -0.25) is 9.69 Å². The molecule has 3 aromatic rings. The molecular formula is C21H22ClNO3. The Morgan fingerprint density at radius 1 is 1.04 bits per heavy atom. The lowest BCUT2D eigenvalue weighted by Gasteiger charge is -2.26. The normalized spacial score (nSPS) is 15.0. The summed E-state index contributed by atoms with van der Waals surface area (Å²) in [6.07, 6.45) is 0. The maximum atomic E-state index is 13.0. The van der Waals surface area contributed by atoms with Crippen LogP contribution in [-0.4, -0.2) is 50.6 Å². The van der Waals surface area contributed by atoms with Gasteiger partial charge in [0.25, 0.3) is 0 Å².